The fraction of sp³-hybridized carbons (Fsp3) is 0.875. The summed E-state index contributed by atoms with van der Waals surface area (Å²) in [7, 11) is 0. The van der Waals surface area contributed by atoms with Gasteiger partial charge in [0.2, 0.25) is 0 Å². The van der Waals surface area contributed by atoms with Crippen LogP contribution in [0.2, 0.25) is 0 Å². The van der Waals surface area contributed by atoms with Crippen molar-refractivity contribution >= 4 is 17.6 Å². The molecule has 2 saturated carbocycles. The van der Waals surface area contributed by atoms with Crippen LogP contribution < -0.4 is 0 Å². The van der Waals surface area contributed by atoms with E-state index in [1.807, 2.05) is 0 Å². The maximum atomic E-state index is 11.3. The van der Waals surface area contributed by atoms with Crippen molar-refractivity contribution in [2.75, 3.05) is 19.1 Å². The minimum Gasteiger partial charge on any atom is -0.461 e. The molecule has 2 aliphatic carbocycles. The minimum absolute atomic E-state index is 0.0313. The van der Waals surface area contributed by atoms with Crippen molar-refractivity contribution in [3.63, 3.8) is 0 Å². The predicted octanol–water partition coefficient (Wildman–Crippen LogP) is 5.87. The molecule has 1 saturated heterocycles. The second kappa shape index (κ2) is 12.3. The van der Waals surface area contributed by atoms with Gasteiger partial charge in [0.1, 0.15) is 12.0 Å². The standard InChI is InChI=1S/C24H39ClO4/c1-2-3-4-20-16-27-24(28-17-20)21-11-7-18(8-12-21)5-6-19-9-13-22(14-10-19)29-23(26)15-25/h5-6,18-22,24H,2-4,7-17H2,1H3. The Morgan fingerprint density at radius 1 is 0.966 bits per heavy atom. The van der Waals surface area contributed by atoms with E-state index in [2.05, 4.69) is 19.1 Å². The highest BCUT2D eigenvalue weighted by atomic mass is 35.5. The number of carbonyl (C=O) groups is 1. The summed E-state index contributed by atoms with van der Waals surface area (Å²) in [5.74, 6) is 2.16. The summed E-state index contributed by atoms with van der Waals surface area (Å²) in [4.78, 5) is 11.3. The normalized spacial score (nSPS) is 36.2. The van der Waals surface area contributed by atoms with Gasteiger partial charge in [0.25, 0.3) is 0 Å². The molecule has 3 fully saturated rings. The number of unbranched alkanes of at least 4 members (excludes halogenated alkanes) is 1. The van der Waals surface area contributed by atoms with Crippen LogP contribution in [0.15, 0.2) is 12.2 Å². The number of rotatable bonds is 8. The average Bonchev–Trinajstić information content (AvgIpc) is 2.78. The lowest BCUT2D eigenvalue weighted by Crippen LogP contribution is -2.38. The number of carbonyl (C=O) groups excluding carboxylic acids is 1. The number of hydrogen-bond donors (Lipinski definition) is 0. The Hall–Kier alpha value is -0.580. The third-order valence-corrected chi connectivity index (χ3v) is 7.16. The van der Waals surface area contributed by atoms with E-state index >= 15 is 0 Å². The van der Waals surface area contributed by atoms with Gasteiger partial charge in [0.05, 0.1) is 13.2 Å². The van der Waals surface area contributed by atoms with Crippen molar-refractivity contribution in [1.29, 1.82) is 0 Å². The van der Waals surface area contributed by atoms with Gasteiger partial charge in [-0.1, -0.05) is 31.9 Å². The largest absolute Gasteiger partial charge is 0.461 e. The van der Waals surface area contributed by atoms with Crippen molar-refractivity contribution in [2.24, 2.45) is 23.7 Å². The highest BCUT2D eigenvalue weighted by Gasteiger charge is 2.32. The summed E-state index contributed by atoms with van der Waals surface area (Å²) >= 11 is 5.52. The van der Waals surface area contributed by atoms with Gasteiger partial charge in [-0.05, 0) is 69.6 Å². The molecule has 0 unspecified atom stereocenters. The average molecular weight is 427 g/mol. The smallest absolute Gasteiger partial charge is 0.321 e. The minimum atomic E-state index is -0.287. The molecule has 0 N–H and O–H groups in total. The first-order valence-corrected chi connectivity index (χ1v) is 12.4. The molecule has 1 aliphatic heterocycles. The van der Waals surface area contributed by atoms with E-state index in [-0.39, 0.29) is 24.2 Å². The molecule has 5 heteroatoms. The van der Waals surface area contributed by atoms with Crippen LogP contribution in [-0.2, 0) is 19.0 Å². The molecule has 29 heavy (non-hydrogen) atoms. The van der Waals surface area contributed by atoms with Gasteiger partial charge in [-0.3, -0.25) is 4.79 Å². The number of halogens is 1. The number of hydrogen-bond acceptors (Lipinski definition) is 4. The van der Waals surface area contributed by atoms with Crippen LogP contribution in [0.3, 0.4) is 0 Å². The Balaban J connectivity index is 1.31. The number of allylic oxidation sites excluding steroid dienone is 2. The summed E-state index contributed by atoms with van der Waals surface area (Å²) in [6.07, 6.45) is 17.8. The molecule has 3 rings (SSSR count). The van der Waals surface area contributed by atoms with Crippen LogP contribution in [-0.4, -0.2) is 37.5 Å². The van der Waals surface area contributed by atoms with E-state index < -0.39 is 0 Å². The number of ether oxygens (including phenoxy) is 3. The molecule has 166 valence electrons. The Bertz CT molecular complexity index is 499. The van der Waals surface area contributed by atoms with Gasteiger partial charge in [0.15, 0.2) is 6.29 Å². The van der Waals surface area contributed by atoms with Crippen LogP contribution in [0, 0.1) is 23.7 Å². The van der Waals surface area contributed by atoms with E-state index in [4.69, 9.17) is 25.8 Å². The molecule has 4 nitrogen and oxygen atoms in total. The van der Waals surface area contributed by atoms with E-state index in [0.29, 0.717) is 23.7 Å². The van der Waals surface area contributed by atoms with Crippen molar-refractivity contribution in [1.82, 2.24) is 0 Å². The zero-order valence-electron chi connectivity index (χ0n) is 18.0. The van der Waals surface area contributed by atoms with Crippen LogP contribution >= 0.6 is 11.6 Å². The van der Waals surface area contributed by atoms with Gasteiger partial charge < -0.3 is 14.2 Å². The van der Waals surface area contributed by atoms with Gasteiger partial charge in [-0.15, -0.1) is 11.6 Å². The quantitative estimate of drug-likeness (QED) is 0.276. The highest BCUT2D eigenvalue weighted by Crippen LogP contribution is 2.36. The molecular weight excluding hydrogens is 388 g/mol. The van der Waals surface area contributed by atoms with Gasteiger partial charge in [-0.25, -0.2) is 0 Å². The molecule has 1 heterocycles. The zero-order valence-corrected chi connectivity index (χ0v) is 18.8. The Morgan fingerprint density at radius 2 is 1.55 bits per heavy atom. The van der Waals surface area contributed by atoms with E-state index in [9.17, 15) is 4.79 Å². The lowest BCUT2D eigenvalue weighted by molar-refractivity contribution is -0.229. The van der Waals surface area contributed by atoms with Crippen molar-refractivity contribution in [3.05, 3.63) is 12.2 Å². The second-order valence-corrected chi connectivity index (χ2v) is 9.53. The first kappa shape index (κ1) is 23.1. The Kier molecular flexibility index (Phi) is 9.81. The Morgan fingerprint density at radius 3 is 2.10 bits per heavy atom. The van der Waals surface area contributed by atoms with Crippen LogP contribution in [0.25, 0.3) is 0 Å². The summed E-state index contributed by atoms with van der Waals surface area (Å²) < 4.78 is 17.5. The first-order chi connectivity index (χ1) is 14.2. The third kappa shape index (κ3) is 7.56. The molecule has 0 aromatic carbocycles. The summed E-state index contributed by atoms with van der Waals surface area (Å²) in [6, 6.07) is 0. The Labute approximate surface area is 181 Å². The van der Waals surface area contributed by atoms with Crippen LogP contribution in [0.1, 0.15) is 77.6 Å². The van der Waals surface area contributed by atoms with E-state index in [1.165, 1.54) is 44.9 Å². The fourth-order valence-electron chi connectivity index (χ4n) is 5.03. The zero-order chi connectivity index (χ0) is 20.5. The maximum Gasteiger partial charge on any atom is 0.321 e. The molecular formula is C24H39ClO4. The summed E-state index contributed by atoms with van der Waals surface area (Å²) in [5, 5.41) is 0. The van der Waals surface area contributed by atoms with Gasteiger partial charge >= 0.3 is 5.97 Å². The SMILES string of the molecule is CCCCC1COC(C2CCC(C=CC3CCC(OC(=O)CCl)CC3)CC2)OC1. The molecule has 0 amide bonds. The van der Waals surface area contributed by atoms with Crippen molar-refractivity contribution < 1.29 is 19.0 Å². The second-order valence-electron chi connectivity index (χ2n) is 9.26. The molecule has 0 aromatic rings. The van der Waals surface area contributed by atoms with Crippen molar-refractivity contribution in [2.45, 2.75) is 89.9 Å². The first-order valence-electron chi connectivity index (χ1n) is 11.8. The third-order valence-electron chi connectivity index (χ3n) is 6.94. The lowest BCUT2D eigenvalue weighted by Gasteiger charge is -2.37. The highest BCUT2D eigenvalue weighted by molar-refractivity contribution is 6.26. The van der Waals surface area contributed by atoms with E-state index in [1.54, 1.807) is 0 Å². The molecule has 0 radical (unpaired) electrons. The number of alkyl halides is 1. The summed E-state index contributed by atoms with van der Waals surface area (Å²) in [6.45, 7) is 4.01. The predicted molar refractivity (Wildman–Crippen MR) is 116 cm³/mol. The maximum absolute atomic E-state index is 11.3. The van der Waals surface area contributed by atoms with Crippen LogP contribution in [0.4, 0.5) is 0 Å². The van der Waals surface area contributed by atoms with Crippen LogP contribution in [0.5, 0.6) is 0 Å². The molecule has 0 bridgehead atoms. The molecule has 0 aromatic heterocycles. The van der Waals surface area contributed by atoms with Gasteiger partial charge in [-0.2, -0.15) is 0 Å². The van der Waals surface area contributed by atoms with Crippen molar-refractivity contribution in [3.8, 4) is 0 Å². The molecule has 3 aliphatic rings. The fourth-order valence-corrected chi connectivity index (χ4v) is 5.09. The summed E-state index contributed by atoms with van der Waals surface area (Å²) in [5.41, 5.74) is 0. The lowest BCUT2D eigenvalue weighted by atomic mass is 9.80. The topological polar surface area (TPSA) is 44.8 Å². The molecule has 0 atom stereocenters. The van der Waals surface area contributed by atoms with E-state index in [0.717, 1.165) is 38.9 Å². The van der Waals surface area contributed by atoms with Gasteiger partial charge in [0, 0.05) is 11.8 Å². The molecule has 0 spiro atoms. The number of esters is 1. The monoisotopic (exact) mass is 426 g/mol.